The van der Waals surface area contributed by atoms with Gasteiger partial charge in [0.15, 0.2) is 11.6 Å². The molecule has 29 heavy (non-hydrogen) atoms. The summed E-state index contributed by atoms with van der Waals surface area (Å²) in [6, 6.07) is 1.44. The molecule has 1 aromatic rings. The van der Waals surface area contributed by atoms with Gasteiger partial charge in [0.1, 0.15) is 5.82 Å². The SMILES string of the molecule is CCCCCCCCCC(OC(OC(C)C)OC(C)C)c1cc(F)c(F)cc1F. The highest BCUT2D eigenvalue weighted by atomic mass is 19.2. The van der Waals surface area contributed by atoms with Crippen LogP contribution in [0.3, 0.4) is 0 Å². The molecular weight excluding hydrogens is 381 g/mol. The van der Waals surface area contributed by atoms with E-state index in [4.69, 9.17) is 14.2 Å². The average Bonchev–Trinajstić information content (AvgIpc) is 2.62. The Morgan fingerprint density at radius 2 is 1.21 bits per heavy atom. The Morgan fingerprint density at radius 1 is 0.690 bits per heavy atom. The molecule has 0 aliphatic carbocycles. The van der Waals surface area contributed by atoms with Crippen LogP contribution in [0.5, 0.6) is 0 Å². The van der Waals surface area contributed by atoms with Crippen LogP contribution in [-0.4, -0.2) is 18.7 Å². The maximum absolute atomic E-state index is 14.4. The highest BCUT2D eigenvalue weighted by molar-refractivity contribution is 5.22. The molecule has 1 rings (SSSR count). The van der Waals surface area contributed by atoms with Gasteiger partial charge in [0, 0.05) is 11.6 Å². The Labute approximate surface area is 173 Å². The van der Waals surface area contributed by atoms with Gasteiger partial charge in [0.05, 0.1) is 18.3 Å². The maximum atomic E-state index is 14.4. The second-order valence-corrected chi connectivity index (χ2v) is 7.98. The standard InChI is InChI=1S/C23H37F3O3/c1-6-7-8-9-10-11-12-13-22(18-14-20(25)21(26)15-19(18)24)29-23(27-16(2)3)28-17(4)5/h14-17,22-23H,6-13H2,1-5H3. The van der Waals surface area contributed by atoms with E-state index in [1.165, 1.54) is 19.3 Å². The van der Waals surface area contributed by atoms with Crippen molar-refractivity contribution in [2.75, 3.05) is 0 Å². The summed E-state index contributed by atoms with van der Waals surface area (Å²) in [4.78, 5) is 0. The van der Waals surface area contributed by atoms with Gasteiger partial charge in [-0.05, 0) is 40.2 Å². The van der Waals surface area contributed by atoms with Crippen molar-refractivity contribution < 1.29 is 27.4 Å². The third-order valence-corrected chi connectivity index (χ3v) is 4.50. The van der Waals surface area contributed by atoms with E-state index in [1.54, 1.807) is 0 Å². The van der Waals surface area contributed by atoms with Crippen LogP contribution in [0.4, 0.5) is 13.2 Å². The van der Waals surface area contributed by atoms with Gasteiger partial charge in [-0.2, -0.15) is 0 Å². The first-order valence-electron chi connectivity index (χ1n) is 10.8. The Kier molecular flexibility index (Phi) is 12.5. The van der Waals surface area contributed by atoms with Crippen molar-refractivity contribution in [1.82, 2.24) is 0 Å². The molecule has 0 aliphatic rings. The predicted molar refractivity (Wildman–Crippen MR) is 109 cm³/mol. The number of rotatable bonds is 15. The molecule has 1 aromatic carbocycles. The van der Waals surface area contributed by atoms with Crippen LogP contribution in [0.1, 0.15) is 97.7 Å². The van der Waals surface area contributed by atoms with Gasteiger partial charge < -0.3 is 14.2 Å². The van der Waals surface area contributed by atoms with E-state index in [0.717, 1.165) is 31.7 Å². The Bertz CT molecular complexity index is 569. The van der Waals surface area contributed by atoms with Crippen molar-refractivity contribution in [3.8, 4) is 0 Å². The molecule has 3 nitrogen and oxygen atoms in total. The van der Waals surface area contributed by atoms with E-state index >= 15 is 0 Å². The maximum Gasteiger partial charge on any atom is 0.272 e. The van der Waals surface area contributed by atoms with E-state index in [2.05, 4.69) is 6.92 Å². The lowest BCUT2D eigenvalue weighted by Gasteiger charge is -2.28. The summed E-state index contributed by atoms with van der Waals surface area (Å²) in [7, 11) is 0. The van der Waals surface area contributed by atoms with Crippen molar-refractivity contribution in [2.24, 2.45) is 0 Å². The van der Waals surface area contributed by atoms with Gasteiger partial charge in [0.2, 0.25) is 0 Å². The van der Waals surface area contributed by atoms with Crippen molar-refractivity contribution in [3.05, 3.63) is 35.1 Å². The van der Waals surface area contributed by atoms with E-state index < -0.39 is 30.0 Å². The first-order valence-corrected chi connectivity index (χ1v) is 10.8. The van der Waals surface area contributed by atoms with E-state index in [-0.39, 0.29) is 17.8 Å². The lowest BCUT2D eigenvalue weighted by Crippen LogP contribution is -2.29. The molecule has 0 aliphatic heterocycles. The Balaban J connectivity index is 2.85. The largest absolute Gasteiger partial charge is 0.327 e. The van der Waals surface area contributed by atoms with Gasteiger partial charge in [-0.15, -0.1) is 0 Å². The van der Waals surface area contributed by atoms with Crippen molar-refractivity contribution >= 4 is 0 Å². The van der Waals surface area contributed by atoms with Crippen molar-refractivity contribution in [1.29, 1.82) is 0 Å². The van der Waals surface area contributed by atoms with Gasteiger partial charge in [-0.3, -0.25) is 0 Å². The lowest BCUT2D eigenvalue weighted by molar-refractivity contribution is -0.328. The van der Waals surface area contributed by atoms with Crippen LogP contribution < -0.4 is 0 Å². The van der Waals surface area contributed by atoms with Crippen LogP contribution in [0, 0.1) is 17.5 Å². The lowest BCUT2D eigenvalue weighted by atomic mass is 10.0. The number of benzene rings is 1. The van der Waals surface area contributed by atoms with Crippen molar-refractivity contribution in [2.45, 2.75) is 111 Å². The Hall–Kier alpha value is -1.11. The summed E-state index contributed by atoms with van der Waals surface area (Å²) in [5, 5.41) is 0. The molecular formula is C23H37F3O3. The fraction of sp³-hybridized carbons (Fsp3) is 0.739. The highest BCUT2D eigenvalue weighted by Crippen LogP contribution is 2.30. The normalized spacial score (nSPS) is 13.1. The third-order valence-electron chi connectivity index (χ3n) is 4.50. The number of hydrogen-bond donors (Lipinski definition) is 0. The predicted octanol–water partition coefficient (Wildman–Crippen LogP) is 7.44. The molecule has 0 N–H and O–H groups in total. The molecule has 0 saturated carbocycles. The minimum atomic E-state index is -1.21. The fourth-order valence-electron chi connectivity index (χ4n) is 3.04. The molecule has 1 atom stereocenters. The number of ether oxygens (including phenoxy) is 3. The summed E-state index contributed by atoms with van der Waals surface area (Å²) in [6.45, 7) is 8.50. The molecule has 6 heteroatoms. The molecule has 0 aromatic heterocycles. The zero-order valence-electron chi connectivity index (χ0n) is 18.5. The summed E-state index contributed by atoms with van der Waals surface area (Å²) in [5.74, 6) is -3.14. The zero-order valence-corrected chi connectivity index (χ0v) is 18.5. The Morgan fingerprint density at radius 3 is 1.76 bits per heavy atom. The van der Waals surface area contributed by atoms with E-state index in [1.807, 2.05) is 27.7 Å². The molecule has 0 saturated heterocycles. The average molecular weight is 419 g/mol. The second kappa shape index (κ2) is 14.0. The smallest absolute Gasteiger partial charge is 0.272 e. The van der Waals surface area contributed by atoms with Gasteiger partial charge >= 0.3 is 0 Å². The molecule has 0 amide bonds. The van der Waals surface area contributed by atoms with E-state index in [9.17, 15) is 13.2 Å². The molecule has 168 valence electrons. The molecule has 1 unspecified atom stereocenters. The summed E-state index contributed by atoms with van der Waals surface area (Å²) >= 11 is 0. The third kappa shape index (κ3) is 10.5. The van der Waals surface area contributed by atoms with Gasteiger partial charge in [0.25, 0.3) is 6.48 Å². The van der Waals surface area contributed by atoms with Crippen molar-refractivity contribution in [3.63, 3.8) is 0 Å². The molecule has 0 fully saturated rings. The molecule has 0 bridgehead atoms. The molecule has 0 spiro atoms. The van der Waals surface area contributed by atoms with Gasteiger partial charge in [-0.25, -0.2) is 13.2 Å². The number of unbranched alkanes of at least 4 members (excludes halogenated alkanes) is 6. The summed E-state index contributed by atoms with van der Waals surface area (Å²) in [5.41, 5.74) is -0.0143. The first-order chi connectivity index (χ1) is 13.7. The fourth-order valence-corrected chi connectivity index (χ4v) is 3.04. The van der Waals surface area contributed by atoms with Crippen LogP contribution in [0.2, 0.25) is 0 Å². The quantitative estimate of drug-likeness (QED) is 0.168. The van der Waals surface area contributed by atoms with E-state index in [0.29, 0.717) is 12.5 Å². The molecule has 0 radical (unpaired) electrons. The minimum Gasteiger partial charge on any atom is -0.327 e. The minimum absolute atomic E-state index is 0.0143. The highest BCUT2D eigenvalue weighted by Gasteiger charge is 2.25. The van der Waals surface area contributed by atoms with Crippen LogP contribution in [0.25, 0.3) is 0 Å². The second-order valence-electron chi connectivity index (χ2n) is 7.98. The zero-order chi connectivity index (χ0) is 21.8. The monoisotopic (exact) mass is 418 g/mol. The first kappa shape index (κ1) is 25.9. The van der Waals surface area contributed by atoms with Crippen LogP contribution in [0.15, 0.2) is 12.1 Å². The molecule has 0 heterocycles. The van der Waals surface area contributed by atoms with Crippen LogP contribution in [-0.2, 0) is 14.2 Å². The summed E-state index contributed by atoms with van der Waals surface area (Å²) < 4.78 is 58.8. The number of halogens is 3. The van der Waals surface area contributed by atoms with Gasteiger partial charge in [-0.1, -0.05) is 51.9 Å². The number of hydrogen-bond acceptors (Lipinski definition) is 3. The topological polar surface area (TPSA) is 27.7 Å². The summed E-state index contributed by atoms with van der Waals surface area (Å²) in [6.07, 6.45) is 6.96. The van der Waals surface area contributed by atoms with Crippen LogP contribution >= 0.6 is 0 Å².